The zero-order valence-electron chi connectivity index (χ0n) is 9.55. The van der Waals surface area contributed by atoms with Crippen LogP contribution in [0.3, 0.4) is 0 Å². The van der Waals surface area contributed by atoms with Crippen molar-refractivity contribution in [2.24, 2.45) is 0 Å². The van der Waals surface area contributed by atoms with E-state index in [4.69, 9.17) is 11.6 Å². The monoisotopic (exact) mass is 260 g/mol. The van der Waals surface area contributed by atoms with Gasteiger partial charge in [-0.15, -0.1) is 11.3 Å². The second kappa shape index (κ2) is 6.89. The predicted molar refractivity (Wildman–Crippen MR) is 68.9 cm³/mol. The third-order valence-corrected chi connectivity index (χ3v) is 3.43. The molecule has 1 heterocycles. The lowest BCUT2D eigenvalue weighted by atomic mass is 10.3. The fraction of sp³-hybridized carbons (Fsp3) is 0.545. The minimum atomic E-state index is -0.174. The molecule has 0 saturated heterocycles. The lowest BCUT2D eigenvalue weighted by Gasteiger charge is -2.12. The highest BCUT2D eigenvalue weighted by molar-refractivity contribution is 7.10. The van der Waals surface area contributed by atoms with Gasteiger partial charge in [0.05, 0.1) is 11.1 Å². The van der Waals surface area contributed by atoms with E-state index in [0.29, 0.717) is 6.54 Å². The molecule has 0 spiro atoms. The molecule has 1 aromatic rings. The van der Waals surface area contributed by atoms with E-state index in [2.05, 4.69) is 10.6 Å². The normalized spacial score (nSPS) is 12.4. The maximum absolute atomic E-state index is 11.5. The topological polar surface area (TPSA) is 41.1 Å². The van der Waals surface area contributed by atoms with Gasteiger partial charge >= 0.3 is 0 Å². The molecular weight excluding hydrogens is 244 g/mol. The minimum absolute atomic E-state index is 0.0458. The lowest BCUT2D eigenvalue weighted by Crippen LogP contribution is -2.41. The quantitative estimate of drug-likeness (QED) is 0.825. The van der Waals surface area contributed by atoms with Gasteiger partial charge in [0.15, 0.2) is 0 Å². The first kappa shape index (κ1) is 13.5. The number of carbonyl (C=O) groups excluding carboxylic acids is 1. The van der Waals surface area contributed by atoms with Crippen LogP contribution in [0, 0.1) is 0 Å². The van der Waals surface area contributed by atoms with Crippen molar-refractivity contribution in [3.63, 3.8) is 0 Å². The van der Waals surface area contributed by atoms with Crippen LogP contribution in [0.15, 0.2) is 11.4 Å². The Morgan fingerprint density at radius 1 is 1.62 bits per heavy atom. The molecule has 1 rings (SSSR count). The molecular formula is C11H17ClN2OS. The molecule has 3 nitrogen and oxygen atoms in total. The van der Waals surface area contributed by atoms with Crippen LogP contribution < -0.4 is 10.6 Å². The van der Waals surface area contributed by atoms with E-state index in [1.807, 2.05) is 25.3 Å². The molecule has 90 valence electrons. The second-order valence-electron chi connectivity index (χ2n) is 3.62. The summed E-state index contributed by atoms with van der Waals surface area (Å²) in [5.74, 6) is 0.0458. The van der Waals surface area contributed by atoms with E-state index in [0.717, 1.165) is 22.9 Å². The zero-order valence-corrected chi connectivity index (χ0v) is 11.1. The highest BCUT2D eigenvalue weighted by atomic mass is 35.5. The Labute approximate surface area is 105 Å². The van der Waals surface area contributed by atoms with Crippen molar-refractivity contribution in [1.29, 1.82) is 0 Å². The summed E-state index contributed by atoms with van der Waals surface area (Å²) >= 11 is 7.41. The van der Waals surface area contributed by atoms with Crippen molar-refractivity contribution in [3.05, 3.63) is 21.3 Å². The molecule has 0 fully saturated rings. The Balaban J connectivity index is 2.29. The maximum atomic E-state index is 11.5. The Bertz CT molecular complexity index is 340. The van der Waals surface area contributed by atoms with Gasteiger partial charge in [0.1, 0.15) is 0 Å². The number of thiophene rings is 1. The molecule has 0 aliphatic carbocycles. The summed E-state index contributed by atoms with van der Waals surface area (Å²) in [7, 11) is 0. The van der Waals surface area contributed by atoms with Gasteiger partial charge in [0.2, 0.25) is 5.91 Å². The highest BCUT2D eigenvalue weighted by Crippen LogP contribution is 2.18. The summed E-state index contributed by atoms with van der Waals surface area (Å²) in [6, 6.07) is 1.74. The van der Waals surface area contributed by atoms with Gasteiger partial charge in [0, 0.05) is 23.3 Å². The van der Waals surface area contributed by atoms with Crippen LogP contribution in [-0.2, 0) is 11.3 Å². The van der Waals surface area contributed by atoms with E-state index in [1.165, 1.54) is 0 Å². The van der Waals surface area contributed by atoms with Gasteiger partial charge < -0.3 is 10.6 Å². The molecule has 1 amide bonds. The molecule has 2 N–H and O–H groups in total. The lowest BCUT2D eigenvalue weighted by molar-refractivity contribution is -0.122. The van der Waals surface area contributed by atoms with Gasteiger partial charge in [0.25, 0.3) is 0 Å². The van der Waals surface area contributed by atoms with Gasteiger partial charge in [-0.25, -0.2) is 0 Å². The number of rotatable bonds is 6. The van der Waals surface area contributed by atoms with Crippen LogP contribution in [-0.4, -0.2) is 18.5 Å². The van der Waals surface area contributed by atoms with Crippen molar-refractivity contribution in [2.45, 2.75) is 32.9 Å². The smallest absolute Gasteiger partial charge is 0.236 e. The van der Waals surface area contributed by atoms with Crippen LogP contribution >= 0.6 is 22.9 Å². The number of hydrogen-bond donors (Lipinski definition) is 2. The number of hydrogen-bond acceptors (Lipinski definition) is 3. The summed E-state index contributed by atoms with van der Waals surface area (Å²) < 4.78 is 0. The van der Waals surface area contributed by atoms with Gasteiger partial charge in [-0.2, -0.15) is 0 Å². The number of halogens is 1. The van der Waals surface area contributed by atoms with Gasteiger partial charge in [-0.1, -0.05) is 18.5 Å². The molecule has 0 saturated carbocycles. The summed E-state index contributed by atoms with van der Waals surface area (Å²) in [5, 5.41) is 8.65. The van der Waals surface area contributed by atoms with Gasteiger partial charge in [-0.05, 0) is 19.4 Å². The van der Waals surface area contributed by atoms with E-state index in [-0.39, 0.29) is 11.9 Å². The average Bonchev–Trinajstić information content (AvgIpc) is 2.68. The summed E-state index contributed by atoms with van der Waals surface area (Å²) in [5.41, 5.74) is 0. The zero-order chi connectivity index (χ0) is 12.0. The first-order valence-corrected chi connectivity index (χ1v) is 6.63. The first-order valence-electron chi connectivity index (χ1n) is 5.37. The van der Waals surface area contributed by atoms with Gasteiger partial charge in [-0.3, -0.25) is 4.79 Å². The molecule has 0 aliphatic rings. The average molecular weight is 261 g/mol. The standard InChI is InChI=1S/C11H17ClN2OS/c1-3-4-13-11(15)8(2)14-6-10-5-9(12)7-16-10/h5,7-8,14H,3-4,6H2,1-2H3,(H,13,15). The van der Waals surface area contributed by atoms with E-state index < -0.39 is 0 Å². The van der Waals surface area contributed by atoms with E-state index in [9.17, 15) is 4.79 Å². The van der Waals surface area contributed by atoms with Crippen molar-refractivity contribution in [3.8, 4) is 0 Å². The van der Waals surface area contributed by atoms with Crippen LogP contribution in [0.25, 0.3) is 0 Å². The largest absolute Gasteiger partial charge is 0.355 e. The molecule has 5 heteroatoms. The van der Waals surface area contributed by atoms with E-state index in [1.54, 1.807) is 11.3 Å². The molecule has 1 unspecified atom stereocenters. The van der Waals surface area contributed by atoms with Crippen molar-refractivity contribution in [1.82, 2.24) is 10.6 Å². The predicted octanol–water partition coefficient (Wildman–Crippen LogP) is 2.41. The maximum Gasteiger partial charge on any atom is 0.236 e. The van der Waals surface area contributed by atoms with Crippen molar-refractivity contribution in [2.75, 3.05) is 6.54 Å². The van der Waals surface area contributed by atoms with Crippen LogP contribution in [0.4, 0.5) is 0 Å². The molecule has 0 radical (unpaired) electrons. The van der Waals surface area contributed by atoms with Crippen molar-refractivity contribution < 1.29 is 4.79 Å². The molecule has 16 heavy (non-hydrogen) atoms. The number of nitrogens with one attached hydrogen (secondary N) is 2. The molecule has 0 aliphatic heterocycles. The fourth-order valence-corrected chi connectivity index (χ4v) is 2.22. The Morgan fingerprint density at radius 3 is 2.94 bits per heavy atom. The summed E-state index contributed by atoms with van der Waals surface area (Å²) in [6.07, 6.45) is 0.957. The van der Waals surface area contributed by atoms with Crippen LogP contribution in [0.2, 0.25) is 5.02 Å². The third kappa shape index (κ3) is 4.51. The van der Waals surface area contributed by atoms with Crippen LogP contribution in [0.1, 0.15) is 25.1 Å². The SMILES string of the molecule is CCCNC(=O)C(C)NCc1cc(Cl)cs1. The molecule has 1 atom stereocenters. The van der Waals surface area contributed by atoms with Crippen molar-refractivity contribution >= 4 is 28.8 Å². The number of amides is 1. The first-order chi connectivity index (χ1) is 7.63. The summed E-state index contributed by atoms with van der Waals surface area (Å²) in [4.78, 5) is 12.7. The Morgan fingerprint density at radius 2 is 2.38 bits per heavy atom. The molecule has 0 bridgehead atoms. The minimum Gasteiger partial charge on any atom is -0.355 e. The van der Waals surface area contributed by atoms with Crippen LogP contribution in [0.5, 0.6) is 0 Å². The highest BCUT2D eigenvalue weighted by Gasteiger charge is 2.11. The Hall–Kier alpha value is -0.580. The Kier molecular flexibility index (Phi) is 5.80. The molecule has 0 aromatic carbocycles. The second-order valence-corrected chi connectivity index (χ2v) is 5.06. The summed E-state index contributed by atoms with van der Waals surface area (Å²) in [6.45, 7) is 5.31. The van der Waals surface area contributed by atoms with E-state index >= 15 is 0 Å². The molecule has 1 aromatic heterocycles. The fourth-order valence-electron chi connectivity index (χ4n) is 1.19. The number of carbonyl (C=O) groups is 1. The third-order valence-electron chi connectivity index (χ3n) is 2.15.